The molecule has 9 heteroatoms. The van der Waals surface area contributed by atoms with Gasteiger partial charge in [-0.2, -0.15) is 0 Å². The molecule has 1 heterocycles. The Balaban J connectivity index is 2.05. The normalized spacial score (nSPS) is 12.0. The second-order valence-corrected chi connectivity index (χ2v) is 8.85. The Bertz CT molecular complexity index is 1190. The van der Waals surface area contributed by atoms with E-state index in [1.165, 1.54) is 0 Å². The van der Waals surface area contributed by atoms with E-state index >= 15 is 0 Å². The maximum atomic E-state index is 12.4. The summed E-state index contributed by atoms with van der Waals surface area (Å²) in [5, 5.41) is 2.92. The van der Waals surface area contributed by atoms with Crippen LogP contribution in [-0.4, -0.2) is 31.5 Å². The highest BCUT2D eigenvalue weighted by molar-refractivity contribution is 7.92. The number of aliphatic imine (C=N–C) groups is 1. The Hall–Kier alpha value is -3.46. The number of nitrogens with zero attached hydrogens (tertiary/aromatic N) is 2. The van der Waals surface area contributed by atoms with Gasteiger partial charge in [0.05, 0.1) is 22.7 Å². The minimum Gasteiger partial charge on any atom is -0.369 e. The van der Waals surface area contributed by atoms with Crippen molar-refractivity contribution in [3.05, 3.63) is 54.6 Å². The first-order valence-corrected chi connectivity index (χ1v) is 11.6. The molecule has 0 radical (unpaired) electrons. The van der Waals surface area contributed by atoms with Crippen molar-refractivity contribution < 1.29 is 13.2 Å². The zero-order chi connectivity index (χ0) is 22.3. The molecule has 0 saturated heterocycles. The van der Waals surface area contributed by atoms with Crippen molar-refractivity contribution in [3.63, 3.8) is 0 Å². The van der Waals surface area contributed by atoms with Crippen molar-refractivity contribution in [1.29, 1.82) is 0 Å². The molecule has 31 heavy (non-hydrogen) atoms. The van der Waals surface area contributed by atoms with Crippen molar-refractivity contribution in [2.45, 2.75) is 26.2 Å². The molecule has 0 bridgehead atoms. The lowest BCUT2D eigenvalue weighted by Gasteiger charge is -2.11. The van der Waals surface area contributed by atoms with Gasteiger partial charge in [-0.05, 0) is 30.7 Å². The van der Waals surface area contributed by atoms with E-state index in [4.69, 9.17) is 5.73 Å². The summed E-state index contributed by atoms with van der Waals surface area (Å²) in [5.74, 6) is -0.0160. The summed E-state index contributed by atoms with van der Waals surface area (Å²) in [6, 6.07) is 16.4. The SMILES string of the molecule is CCCCCS(=O)(=O)Nc1ccc2nc(-c3ccccc3)cc(N=C(N)NC=O)c2c1. The zero-order valence-corrected chi connectivity index (χ0v) is 18.0. The van der Waals surface area contributed by atoms with Crippen LogP contribution in [0.1, 0.15) is 26.2 Å². The first-order chi connectivity index (χ1) is 14.9. The van der Waals surface area contributed by atoms with Crippen LogP contribution in [0.5, 0.6) is 0 Å². The number of nitrogens with two attached hydrogens (primary N) is 1. The predicted octanol–water partition coefficient (Wildman–Crippen LogP) is 3.53. The van der Waals surface area contributed by atoms with Gasteiger partial charge in [0.2, 0.25) is 16.4 Å². The van der Waals surface area contributed by atoms with E-state index in [9.17, 15) is 13.2 Å². The standard InChI is InChI=1S/C22H25N5O3S/c1-2-3-7-12-31(29,30)27-17-10-11-19-18(13-17)21(26-22(23)24-15-28)14-20(25-19)16-8-5-4-6-9-16/h4-6,8-11,13-15,27H,2-3,7,12H2,1H3,(H3,23,24,25,26,28). The molecule has 2 aromatic carbocycles. The van der Waals surface area contributed by atoms with Gasteiger partial charge in [-0.3, -0.25) is 14.8 Å². The van der Waals surface area contributed by atoms with Gasteiger partial charge in [0.1, 0.15) is 0 Å². The van der Waals surface area contributed by atoms with E-state index in [-0.39, 0.29) is 11.7 Å². The summed E-state index contributed by atoms with van der Waals surface area (Å²) in [7, 11) is -3.46. The van der Waals surface area contributed by atoms with Crippen LogP contribution in [0.25, 0.3) is 22.2 Å². The summed E-state index contributed by atoms with van der Waals surface area (Å²) >= 11 is 0. The highest BCUT2D eigenvalue weighted by Gasteiger charge is 2.13. The van der Waals surface area contributed by atoms with Crippen LogP contribution in [0.4, 0.5) is 11.4 Å². The fraction of sp³-hybridized carbons (Fsp3) is 0.227. The van der Waals surface area contributed by atoms with Crippen molar-refractivity contribution >= 4 is 44.7 Å². The second-order valence-electron chi connectivity index (χ2n) is 7.01. The number of unbranched alkanes of at least 4 members (excludes halogenated alkanes) is 2. The number of carbonyl (C=O) groups is 1. The Morgan fingerprint density at radius 1 is 1.13 bits per heavy atom. The lowest BCUT2D eigenvalue weighted by Crippen LogP contribution is -2.29. The first kappa shape index (κ1) is 22.2. The van der Waals surface area contributed by atoms with Crippen LogP contribution < -0.4 is 15.8 Å². The van der Waals surface area contributed by atoms with Gasteiger partial charge in [-0.25, -0.2) is 18.4 Å². The Kier molecular flexibility index (Phi) is 7.19. The lowest BCUT2D eigenvalue weighted by molar-refractivity contribution is -0.108. The number of sulfonamides is 1. The van der Waals surface area contributed by atoms with E-state index < -0.39 is 10.0 Å². The molecular weight excluding hydrogens is 414 g/mol. The maximum absolute atomic E-state index is 12.4. The number of anilines is 1. The number of hydrogen-bond acceptors (Lipinski definition) is 5. The Morgan fingerprint density at radius 2 is 1.90 bits per heavy atom. The van der Waals surface area contributed by atoms with Crippen molar-refractivity contribution in [2.75, 3.05) is 10.5 Å². The molecule has 0 aliphatic heterocycles. The summed E-state index contributed by atoms with van der Waals surface area (Å²) < 4.78 is 27.4. The van der Waals surface area contributed by atoms with Crippen molar-refractivity contribution in [1.82, 2.24) is 10.3 Å². The molecule has 0 aliphatic rings. The van der Waals surface area contributed by atoms with Crippen LogP contribution in [0.3, 0.4) is 0 Å². The van der Waals surface area contributed by atoms with Crippen LogP contribution in [-0.2, 0) is 14.8 Å². The number of carbonyl (C=O) groups excluding carboxylic acids is 1. The highest BCUT2D eigenvalue weighted by atomic mass is 32.2. The fourth-order valence-corrected chi connectivity index (χ4v) is 4.29. The molecule has 0 atom stereocenters. The average Bonchev–Trinajstić information content (AvgIpc) is 2.74. The van der Waals surface area contributed by atoms with E-state index in [1.807, 2.05) is 37.3 Å². The highest BCUT2D eigenvalue weighted by Crippen LogP contribution is 2.32. The van der Waals surface area contributed by atoms with E-state index in [0.29, 0.717) is 40.8 Å². The number of amides is 1. The summed E-state index contributed by atoms with van der Waals surface area (Å²) in [4.78, 5) is 19.7. The largest absolute Gasteiger partial charge is 0.369 e. The van der Waals surface area contributed by atoms with Crippen molar-refractivity contribution in [2.24, 2.45) is 10.7 Å². The average molecular weight is 440 g/mol. The monoisotopic (exact) mass is 439 g/mol. The smallest absolute Gasteiger partial charge is 0.232 e. The van der Waals surface area contributed by atoms with Gasteiger partial charge >= 0.3 is 0 Å². The number of fused-ring (bicyclic) bond motifs is 1. The zero-order valence-electron chi connectivity index (χ0n) is 17.2. The molecule has 3 aromatic rings. The number of nitrogens with one attached hydrogen (secondary N) is 2. The van der Waals surface area contributed by atoms with Gasteiger partial charge in [0.25, 0.3) is 0 Å². The minimum absolute atomic E-state index is 0.0608. The van der Waals surface area contributed by atoms with Crippen LogP contribution >= 0.6 is 0 Å². The Morgan fingerprint density at radius 3 is 2.61 bits per heavy atom. The van der Waals surface area contributed by atoms with E-state index in [2.05, 4.69) is 20.0 Å². The second kappa shape index (κ2) is 10.0. The maximum Gasteiger partial charge on any atom is 0.232 e. The predicted molar refractivity (Wildman–Crippen MR) is 125 cm³/mol. The minimum atomic E-state index is -3.46. The van der Waals surface area contributed by atoms with Gasteiger partial charge in [-0.1, -0.05) is 50.1 Å². The third kappa shape index (κ3) is 6.02. The number of benzene rings is 2. The lowest BCUT2D eigenvalue weighted by atomic mass is 10.1. The fourth-order valence-electron chi connectivity index (χ4n) is 3.12. The van der Waals surface area contributed by atoms with Crippen LogP contribution in [0.2, 0.25) is 0 Å². The molecule has 8 nitrogen and oxygen atoms in total. The molecule has 162 valence electrons. The number of rotatable bonds is 9. The molecule has 0 fully saturated rings. The molecule has 3 rings (SSSR count). The van der Waals surface area contributed by atoms with Crippen molar-refractivity contribution in [3.8, 4) is 11.3 Å². The molecule has 4 N–H and O–H groups in total. The molecule has 1 amide bonds. The molecule has 0 saturated carbocycles. The van der Waals surface area contributed by atoms with E-state index in [0.717, 1.165) is 18.4 Å². The van der Waals surface area contributed by atoms with Gasteiger partial charge in [0, 0.05) is 16.6 Å². The number of pyridine rings is 1. The molecule has 0 spiro atoms. The molecular formula is C22H25N5O3S. The van der Waals surface area contributed by atoms with Gasteiger partial charge in [0.15, 0.2) is 5.96 Å². The topological polar surface area (TPSA) is 127 Å². The number of hydrogen-bond donors (Lipinski definition) is 3. The number of aromatic nitrogens is 1. The Labute approximate surface area is 181 Å². The van der Waals surface area contributed by atoms with Crippen LogP contribution in [0.15, 0.2) is 59.6 Å². The quantitative estimate of drug-likeness (QED) is 0.203. The van der Waals surface area contributed by atoms with E-state index in [1.54, 1.807) is 24.3 Å². The number of guanidine groups is 1. The summed E-state index contributed by atoms with van der Waals surface area (Å²) in [6.45, 7) is 2.02. The third-order valence-electron chi connectivity index (χ3n) is 4.59. The summed E-state index contributed by atoms with van der Waals surface area (Å²) in [6.07, 6.45) is 2.84. The van der Waals surface area contributed by atoms with Gasteiger partial charge < -0.3 is 5.73 Å². The third-order valence-corrected chi connectivity index (χ3v) is 5.97. The van der Waals surface area contributed by atoms with Crippen LogP contribution in [0, 0.1) is 0 Å². The molecule has 1 aromatic heterocycles. The first-order valence-electron chi connectivity index (χ1n) is 9.97. The van der Waals surface area contributed by atoms with Gasteiger partial charge in [-0.15, -0.1) is 0 Å². The molecule has 0 unspecified atom stereocenters. The molecule has 0 aliphatic carbocycles. The summed E-state index contributed by atoms with van der Waals surface area (Å²) in [5.41, 5.74) is 8.84.